The van der Waals surface area contributed by atoms with Gasteiger partial charge in [0, 0.05) is 24.5 Å². The minimum Gasteiger partial charge on any atom is -0.460 e. The SMILES string of the molecule is C=CC(=O)OCCO[Si](OCC)(OCC)c1ccccc1. The van der Waals surface area contributed by atoms with Crippen LogP contribution >= 0.6 is 0 Å². The van der Waals surface area contributed by atoms with E-state index in [2.05, 4.69) is 6.58 Å². The molecule has 0 aliphatic heterocycles. The number of hydrogen-bond acceptors (Lipinski definition) is 5. The lowest BCUT2D eigenvalue weighted by Crippen LogP contribution is -2.57. The summed E-state index contributed by atoms with van der Waals surface area (Å²) in [6.07, 6.45) is 1.12. The summed E-state index contributed by atoms with van der Waals surface area (Å²) in [7, 11) is -2.97. The largest absolute Gasteiger partial charge is 0.537 e. The minimum absolute atomic E-state index is 0.132. The Hall–Kier alpha value is -1.47. The molecule has 0 amide bonds. The van der Waals surface area contributed by atoms with Crippen LogP contribution in [0, 0.1) is 0 Å². The first kappa shape index (κ1) is 17.6. The van der Waals surface area contributed by atoms with Gasteiger partial charge in [0.15, 0.2) is 0 Å². The molecule has 0 radical (unpaired) electrons. The van der Waals surface area contributed by atoms with Crippen molar-refractivity contribution in [3.63, 3.8) is 0 Å². The van der Waals surface area contributed by atoms with E-state index in [1.54, 1.807) is 0 Å². The molecular weight excluding hydrogens is 288 g/mol. The van der Waals surface area contributed by atoms with Gasteiger partial charge < -0.3 is 18.0 Å². The molecule has 0 aliphatic carbocycles. The summed E-state index contributed by atoms with van der Waals surface area (Å²) >= 11 is 0. The van der Waals surface area contributed by atoms with Crippen molar-refractivity contribution in [2.24, 2.45) is 0 Å². The topological polar surface area (TPSA) is 54.0 Å². The van der Waals surface area contributed by atoms with Gasteiger partial charge in [-0.05, 0) is 13.8 Å². The summed E-state index contributed by atoms with van der Waals surface area (Å²) in [4.78, 5) is 11.0. The van der Waals surface area contributed by atoms with Gasteiger partial charge in [0.05, 0.1) is 6.61 Å². The third-order valence-electron chi connectivity index (χ3n) is 2.58. The van der Waals surface area contributed by atoms with Crippen LogP contribution in [0.15, 0.2) is 43.0 Å². The Morgan fingerprint density at radius 3 is 2.24 bits per heavy atom. The molecular formula is C15H22O5Si. The third-order valence-corrected chi connectivity index (χ3v) is 5.54. The van der Waals surface area contributed by atoms with E-state index in [0.29, 0.717) is 13.2 Å². The van der Waals surface area contributed by atoms with E-state index in [-0.39, 0.29) is 13.2 Å². The Kier molecular flexibility index (Phi) is 7.92. The fraction of sp³-hybridized carbons (Fsp3) is 0.400. The molecule has 0 saturated heterocycles. The molecule has 0 spiro atoms. The van der Waals surface area contributed by atoms with Crippen molar-refractivity contribution in [1.82, 2.24) is 0 Å². The molecule has 0 atom stereocenters. The van der Waals surface area contributed by atoms with Crippen molar-refractivity contribution in [2.45, 2.75) is 13.8 Å². The number of benzene rings is 1. The summed E-state index contributed by atoms with van der Waals surface area (Å²) in [6.45, 7) is 8.43. The van der Waals surface area contributed by atoms with Gasteiger partial charge in [-0.25, -0.2) is 4.79 Å². The average Bonchev–Trinajstić information content (AvgIpc) is 2.52. The van der Waals surface area contributed by atoms with Gasteiger partial charge in [0.1, 0.15) is 6.61 Å². The zero-order chi connectivity index (χ0) is 15.6. The second kappa shape index (κ2) is 9.46. The number of hydrogen-bond donors (Lipinski definition) is 0. The average molecular weight is 310 g/mol. The molecule has 0 saturated carbocycles. The first-order chi connectivity index (χ1) is 10.2. The molecule has 0 unspecified atom stereocenters. The van der Waals surface area contributed by atoms with Gasteiger partial charge >= 0.3 is 14.8 Å². The highest BCUT2D eigenvalue weighted by Crippen LogP contribution is 2.11. The summed E-state index contributed by atoms with van der Waals surface area (Å²) in [5, 5.41) is 0.892. The van der Waals surface area contributed by atoms with Crippen LogP contribution in [-0.4, -0.2) is 41.2 Å². The molecule has 0 N–H and O–H groups in total. The normalized spacial score (nSPS) is 11.1. The number of esters is 1. The maximum Gasteiger partial charge on any atom is 0.537 e. The Morgan fingerprint density at radius 1 is 1.10 bits per heavy atom. The Balaban J connectivity index is 2.76. The Morgan fingerprint density at radius 2 is 1.71 bits per heavy atom. The first-order valence-electron chi connectivity index (χ1n) is 6.95. The quantitative estimate of drug-likeness (QED) is 0.285. The Labute approximate surface area is 126 Å². The van der Waals surface area contributed by atoms with E-state index in [0.717, 1.165) is 11.3 Å². The van der Waals surface area contributed by atoms with Crippen molar-refractivity contribution >= 4 is 20.0 Å². The summed E-state index contributed by atoms with van der Waals surface area (Å²) in [5.74, 6) is -0.474. The predicted octanol–water partition coefficient (Wildman–Crippen LogP) is 1.65. The standard InChI is InChI=1S/C15H22O5Si/c1-4-15(16)17-12-13-20-21(18-5-2,19-6-3)14-10-8-7-9-11-14/h4,7-11H,1,5-6,12-13H2,2-3H3. The van der Waals surface area contributed by atoms with Gasteiger partial charge in [-0.15, -0.1) is 0 Å². The monoisotopic (exact) mass is 310 g/mol. The van der Waals surface area contributed by atoms with Crippen LogP contribution in [0.2, 0.25) is 0 Å². The summed E-state index contributed by atoms with van der Waals surface area (Å²) in [6, 6.07) is 9.60. The van der Waals surface area contributed by atoms with Crippen molar-refractivity contribution in [1.29, 1.82) is 0 Å². The lowest BCUT2D eigenvalue weighted by Gasteiger charge is -2.28. The molecule has 5 nitrogen and oxygen atoms in total. The molecule has 6 heteroatoms. The summed E-state index contributed by atoms with van der Waals surface area (Å²) < 4.78 is 22.4. The van der Waals surface area contributed by atoms with E-state index < -0.39 is 14.8 Å². The second-order valence-corrected chi connectivity index (χ2v) is 6.56. The van der Waals surface area contributed by atoms with E-state index in [1.807, 2.05) is 44.2 Å². The lowest BCUT2D eigenvalue weighted by atomic mass is 10.4. The zero-order valence-electron chi connectivity index (χ0n) is 12.5. The van der Waals surface area contributed by atoms with Crippen LogP contribution < -0.4 is 5.19 Å². The first-order valence-corrected chi connectivity index (χ1v) is 8.67. The third kappa shape index (κ3) is 5.43. The smallest absolute Gasteiger partial charge is 0.460 e. The van der Waals surface area contributed by atoms with Crippen LogP contribution in [0.25, 0.3) is 0 Å². The predicted molar refractivity (Wildman–Crippen MR) is 82.2 cm³/mol. The van der Waals surface area contributed by atoms with Crippen LogP contribution in [0.3, 0.4) is 0 Å². The number of ether oxygens (including phenoxy) is 1. The van der Waals surface area contributed by atoms with Crippen LogP contribution in [0.1, 0.15) is 13.8 Å². The van der Waals surface area contributed by atoms with Crippen LogP contribution in [0.5, 0.6) is 0 Å². The van der Waals surface area contributed by atoms with Crippen LogP contribution in [0.4, 0.5) is 0 Å². The van der Waals surface area contributed by atoms with Gasteiger partial charge in [-0.1, -0.05) is 36.9 Å². The highest BCUT2D eigenvalue weighted by Gasteiger charge is 2.43. The van der Waals surface area contributed by atoms with Crippen LogP contribution in [-0.2, 0) is 22.8 Å². The number of carbonyl (C=O) groups excluding carboxylic acids is 1. The highest BCUT2D eigenvalue weighted by atomic mass is 28.4. The highest BCUT2D eigenvalue weighted by molar-refractivity contribution is 6.75. The second-order valence-electron chi connectivity index (χ2n) is 4.01. The van der Waals surface area contributed by atoms with Gasteiger partial charge in [-0.2, -0.15) is 0 Å². The molecule has 0 aliphatic rings. The molecule has 1 aromatic carbocycles. The van der Waals surface area contributed by atoms with Crippen molar-refractivity contribution in [3.05, 3.63) is 43.0 Å². The summed E-state index contributed by atoms with van der Waals surface area (Å²) in [5.41, 5.74) is 0. The Bertz CT molecular complexity index is 429. The molecule has 0 fully saturated rings. The van der Waals surface area contributed by atoms with Gasteiger partial charge in [0.25, 0.3) is 0 Å². The zero-order valence-corrected chi connectivity index (χ0v) is 13.5. The van der Waals surface area contributed by atoms with Crippen molar-refractivity contribution in [3.8, 4) is 0 Å². The maximum absolute atomic E-state index is 11.0. The van der Waals surface area contributed by atoms with Gasteiger partial charge in [-0.3, -0.25) is 0 Å². The van der Waals surface area contributed by atoms with E-state index in [4.69, 9.17) is 18.0 Å². The minimum atomic E-state index is -2.97. The molecule has 116 valence electrons. The molecule has 0 bridgehead atoms. The molecule has 21 heavy (non-hydrogen) atoms. The fourth-order valence-electron chi connectivity index (χ4n) is 1.77. The van der Waals surface area contributed by atoms with E-state index >= 15 is 0 Å². The molecule has 0 aromatic heterocycles. The van der Waals surface area contributed by atoms with Gasteiger partial charge in [0.2, 0.25) is 0 Å². The molecule has 0 heterocycles. The van der Waals surface area contributed by atoms with E-state index in [9.17, 15) is 4.79 Å². The maximum atomic E-state index is 11.0. The number of rotatable bonds is 10. The lowest BCUT2D eigenvalue weighted by molar-refractivity contribution is -0.138. The molecule has 1 rings (SSSR count). The van der Waals surface area contributed by atoms with Crippen molar-refractivity contribution < 1.29 is 22.8 Å². The number of carbonyl (C=O) groups is 1. The van der Waals surface area contributed by atoms with Crippen molar-refractivity contribution in [2.75, 3.05) is 26.4 Å². The fourth-order valence-corrected chi connectivity index (χ4v) is 4.24. The van der Waals surface area contributed by atoms with E-state index in [1.165, 1.54) is 0 Å². The molecule has 1 aromatic rings.